The van der Waals surface area contributed by atoms with Crippen LogP contribution in [0.1, 0.15) is 38.5 Å². The van der Waals surface area contributed by atoms with Crippen LogP contribution in [0.25, 0.3) is 0 Å². The van der Waals surface area contributed by atoms with E-state index in [4.69, 9.17) is 9.47 Å². The van der Waals surface area contributed by atoms with Gasteiger partial charge in [-0.25, -0.2) is 0 Å². The smallest absolute Gasteiger partial charge is 0.169 e. The first kappa shape index (κ1) is 11.3. The summed E-state index contributed by atoms with van der Waals surface area (Å²) in [5, 5.41) is 9.77. The van der Waals surface area contributed by atoms with Crippen LogP contribution in [-0.2, 0) is 9.47 Å². The molecule has 1 spiro atoms. The van der Waals surface area contributed by atoms with Crippen LogP contribution in [0.5, 0.6) is 0 Å². The molecular weight excluding hydrogens is 224 g/mol. The highest BCUT2D eigenvalue weighted by molar-refractivity contribution is 7.99. The molecule has 3 rings (SSSR count). The lowest BCUT2D eigenvalue weighted by molar-refractivity contribution is -0.194. The van der Waals surface area contributed by atoms with Crippen LogP contribution in [0.4, 0.5) is 0 Å². The van der Waals surface area contributed by atoms with Crippen LogP contribution in [0.15, 0.2) is 0 Å². The quantitative estimate of drug-likeness (QED) is 0.706. The molecule has 0 radical (unpaired) electrons. The molecule has 1 saturated carbocycles. The number of thioether (sulfide) groups is 1. The Bertz CT molecular complexity index is 253. The molecule has 2 aliphatic heterocycles. The van der Waals surface area contributed by atoms with E-state index in [1.54, 1.807) is 11.8 Å². The molecule has 3 nitrogen and oxygen atoms in total. The van der Waals surface area contributed by atoms with Crippen molar-refractivity contribution in [2.45, 2.75) is 62.6 Å². The van der Waals surface area contributed by atoms with Gasteiger partial charge < -0.3 is 14.6 Å². The van der Waals surface area contributed by atoms with Gasteiger partial charge in [0.05, 0.1) is 18.3 Å². The molecule has 3 fully saturated rings. The van der Waals surface area contributed by atoms with Gasteiger partial charge in [0.25, 0.3) is 0 Å². The molecule has 16 heavy (non-hydrogen) atoms. The van der Waals surface area contributed by atoms with Crippen molar-refractivity contribution in [2.24, 2.45) is 0 Å². The van der Waals surface area contributed by atoms with Gasteiger partial charge in [-0.1, -0.05) is 6.42 Å². The van der Waals surface area contributed by atoms with Crippen molar-refractivity contribution in [1.82, 2.24) is 0 Å². The number of aliphatic hydroxyl groups excluding tert-OH is 1. The third kappa shape index (κ3) is 2.13. The van der Waals surface area contributed by atoms with E-state index in [0.717, 1.165) is 30.8 Å². The molecular formula is C12H20O3S. The third-order valence-corrected chi connectivity index (χ3v) is 5.04. The summed E-state index contributed by atoms with van der Waals surface area (Å²) in [6.07, 6.45) is 6.69. The minimum atomic E-state index is -0.287. The van der Waals surface area contributed by atoms with Gasteiger partial charge in [0.2, 0.25) is 0 Å². The molecule has 92 valence electrons. The summed E-state index contributed by atoms with van der Waals surface area (Å²) < 4.78 is 12.3. The molecule has 2 heterocycles. The van der Waals surface area contributed by atoms with Crippen molar-refractivity contribution >= 4 is 11.8 Å². The zero-order chi connectivity index (χ0) is 11.0. The lowest BCUT2D eigenvalue weighted by atomic mass is 9.94. The number of hydrogen-bond donors (Lipinski definition) is 1. The van der Waals surface area contributed by atoms with Crippen molar-refractivity contribution in [3.8, 4) is 0 Å². The summed E-state index contributed by atoms with van der Waals surface area (Å²) in [5.74, 6) is 1.52. The Morgan fingerprint density at radius 2 is 1.75 bits per heavy atom. The van der Waals surface area contributed by atoms with Gasteiger partial charge >= 0.3 is 0 Å². The average molecular weight is 244 g/mol. The lowest BCUT2D eigenvalue weighted by Crippen LogP contribution is -2.34. The Hall–Kier alpha value is 0.230. The standard InChI is InChI=1S/C12H20O3S/c13-9-6-10-11(8-16-7-9)15-12(14-10)4-2-1-3-5-12/h9-11,13H,1-8H2/t9-,10+,11-/m0/s1. The van der Waals surface area contributed by atoms with Crippen molar-refractivity contribution in [2.75, 3.05) is 11.5 Å². The highest BCUT2D eigenvalue weighted by Gasteiger charge is 2.48. The largest absolute Gasteiger partial charge is 0.392 e. The topological polar surface area (TPSA) is 38.7 Å². The van der Waals surface area contributed by atoms with E-state index in [-0.39, 0.29) is 24.1 Å². The number of aliphatic hydroxyl groups is 1. The fourth-order valence-electron chi connectivity index (χ4n) is 3.06. The van der Waals surface area contributed by atoms with Gasteiger partial charge in [-0.15, -0.1) is 0 Å². The molecule has 2 saturated heterocycles. The van der Waals surface area contributed by atoms with E-state index < -0.39 is 0 Å². The summed E-state index contributed by atoms with van der Waals surface area (Å²) in [6.45, 7) is 0. The SMILES string of the molecule is O[C@@H]1CSC[C@@H]2OC3(CCCCC3)O[C@@H]2C1. The maximum atomic E-state index is 9.77. The molecule has 1 aliphatic carbocycles. The fraction of sp³-hybridized carbons (Fsp3) is 1.00. The first-order valence-electron chi connectivity index (χ1n) is 6.39. The average Bonchev–Trinajstić information content (AvgIpc) is 2.48. The van der Waals surface area contributed by atoms with Crippen molar-refractivity contribution < 1.29 is 14.6 Å². The van der Waals surface area contributed by atoms with Crippen LogP contribution in [0.2, 0.25) is 0 Å². The number of hydrogen-bond acceptors (Lipinski definition) is 4. The Balaban J connectivity index is 1.70. The number of ether oxygens (including phenoxy) is 2. The first-order chi connectivity index (χ1) is 7.77. The van der Waals surface area contributed by atoms with Gasteiger partial charge in [0, 0.05) is 30.8 Å². The van der Waals surface area contributed by atoms with Crippen LogP contribution < -0.4 is 0 Å². The third-order valence-electron chi connectivity index (χ3n) is 3.86. The van der Waals surface area contributed by atoms with Crippen molar-refractivity contribution in [3.05, 3.63) is 0 Å². The highest BCUT2D eigenvalue weighted by Crippen LogP contribution is 2.43. The predicted octanol–water partition coefficient (Wildman–Crippen LogP) is 1.93. The summed E-state index contributed by atoms with van der Waals surface area (Å²) in [6, 6.07) is 0. The minimum absolute atomic E-state index is 0.128. The Labute approximate surface area is 101 Å². The molecule has 1 N–H and O–H groups in total. The van der Waals surface area contributed by atoms with E-state index in [2.05, 4.69) is 0 Å². The van der Waals surface area contributed by atoms with Crippen molar-refractivity contribution in [1.29, 1.82) is 0 Å². The molecule has 3 atom stereocenters. The van der Waals surface area contributed by atoms with Gasteiger partial charge in [-0.2, -0.15) is 11.8 Å². The van der Waals surface area contributed by atoms with Crippen LogP contribution in [-0.4, -0.2) is 40.7 Å². The van der Waals surface area contributed by atoms with E-state index in [0.29, 0.717) is 0 Å². The number of rotatable bonds is 0. The van der Waals surface area contributed by atoms with E-state index in [1.807, 2.05) is 0 Å². The highest BCUT2D eigenvalue weighted by atomic mass is 32.2. The van der Waals surface area contributed by atoms with E-state index in [9.17, 15) is 5.11 Å². The summed E-state index contributed by atoms with van der Waals surface area (Å²) in [5.41, 5.74) is 0. The van der Waals surface area contributed by atoms with Gasteiger partial charge in [-0.3, -0.25) is 0 Å². The monoisotopic (exact) mass is 244 g/mol. The molecule has 0 aromatic carbocycles. The van der Waals surface area contributed by atoms with Crippen LogP contribution >= 0.6 is 11.8 Å². The second kappa shape index (κ2) is 4.48. The summed E-state index contributed by atoms with van der Waals surface area (Å²) >= 11 is 1.79. The van der Waals surface area contributed by atoms with E-state index in [1.165, 1.54) is 19.3 Å². The second-order valence-electron chi connectivity index (χ2n) is 5.21. The predicted molar refractivity (Wildman–Crippen MR) is 63.5 cm³/mol. The molecule has 3 aliphatic rings. The molecule has 0 unspecified atom stereocenters. The van der Waals surface area contributed by atoms with Crippen LogP contribution in [0.3, 0.4) is 0 Å². The van der Waals surface area contributed by atoms with E-state index >= 15 is 0 Å². The van der Waals surface area contributed by atoms with Gasteiger partial charge in [0.15, 0.2) is 5.79 Å². The zero-order valence-electron chi connectivity index (χ0n) is 9.56. The Morgan fingerprint density at radius 1 is 1.00 bits per heavy atom. The maximum absolute atomic E-state index is 9.77. The Kier molecular flexibility index (Phi) is 3.17. The molecule has 4 heteroatoms. The van der Waals surface area contributed by atoms with Gasteiger partial charge in [0.1, 0.15) is 0 Å². The molecule has 0 aromatic heterocycles. The lowest BCUT2D eigenvalue weighted by Gasteiger charge is -2.32. The molecule has 0 aromatic rings. The minimum Gasteiger partial charge on any atom is -0.392 e. The Morgan fingerprint density at radius 3 is 2.56 bits per heavy atom. The molecule has 0 amide bonds. The molecule has 0 bridgehead atoms. The maximum Gasteiger partial charge on any atom is 0.169 e. The zero-order valence-corrected chi connectivity index (χ0v) is 10.4. The first-order valence-corrected chi connectivity index (χ1v) is 7.54. The van der Waals surface area contributed by atoms with Gasteiger partial charge in [-0.05, 0) is 12.8 Å². The van der Waals surface area contributed by atoms with Crippen LogP contribution in [0, 0.1) is 0 Å². The summed E-state index contributed by atoms with van der Waals surface area (Å²) in [4.78, 5) is 0. The van der Waals surface area contributed by atoms with Crippen molar-refractivity contribution in [3.63, 3.8) is 0 Å². The number of fused-ring (bicyclic) bond motifs is 1. The second-order valence-corrected chi connectivity index (χ2v) is 6.29. The normalized spacial score (nSPS) is 42.9. The fourth-order valence-corrected chi connectivity index (χ4v) is 4.11. The summed E-state index contributed by atoms with van der Waals surface area (Å²) in [7, 11) is 0.